The Kier molecular flexibility index (Phi) is 7.45. The van der Waals surface area contributed by atoms with Gasteiger partial charge < -0.3 is 14.5 Å². The molecule has 0 radical (unpaired) electrons. The Hall–Kier alpha value is -2.30. The predicted molar refractivity (Wildman–Crippen MR) is 108 cm³/mol. The first kappa shape index (κ1) is 21.0. The van der Waals surface area contributed by atoms with Gasteiger partial charge >= 0.3 is 5.63 Å². The van der Waals surface area contributed by atoms with Gasteiger partial charge in [0.25, 0.3) is 0 Å². The molecule has 0 unspecified atom stereocenters. The molecule has 0 aliphatic heterocycles. The summed E-state index contributed by atoms with van der Waals surface area (Å²) in [4.78, 5) is 23.8. The van der Waals surface area contributed by atoms with Gasteiger partial charge in [-0.3, -0.25) is 4.79 Å². The van der Waals surface area contributed by atoms with Gasteiger partial charge in [0.15, 0.2) is 0 Å². The minimum Gasteiger partial charge on any atom is -0.496 e. The summed E-state index contributed by atoms with van der Waals surface area (Å²) in [6, 6.07) is 5.34. The van der Waals surface area contributed by atoms with Crippen LogP contribution < -0.4 is 15.7 Å². The molecule has 0 aliphatic rings. The number of benzene rings is 1. The SMILES string of the molecule is COc1cc2oc(=O)cc(C)c2cc1CCC(=O)N[C@H](C)CCCC(C)C. The highest BCUT2D eigenvalue weighted by molar-refractivity contribution is 5.83. The molecule has 2 rings (SSSR count). The molecular formula is C22H31NO4. The molecule has 27 heavy (non-hydrogen) atoms. The van der Waals surface area contributed by atoms with Gasteiger partial charge in [0.05, 0.1) is 7.11 Å². The van der Waals surface area contributed by atoms with Crippen LogP contribution in [0.15, 0.2) is 27.4 Å². The molecule has 0 saturated carbocycles. The molecule has 1 aromatic heterocycles. The van der Waals surface area contributed by atoms with Crippen molar-refractivity contribution in [3.63, 3.8) is 0 Å². The largest absolute Gasteiger partial charge is 0.496 e. The quantitative estimate of drug-likeness (QED) is 0.663. The molecule has 1 N–H and O–H groups in total. The van der Waals surface area contributed by atoms with Gasteiger partial charge in [0.1, 0.15) is 11.3 Å². The average Bonchev–Trinajstić information content (AvgIpc) is 2.58. The molecule has 148 valence electrons. The van der Waals surface area contributed by atoms with Crippen molar-refractivity contribution in [1.82, 2.24) is 5.32 Å². The first-order valence-electron chi connectivity index (χ1n) is 9.71. The van der Waals surface area contributed by atoms with Crippen LogP contribution in [0.2, 0.25) is 0 Å². The van der Waals surface area contributed by atoms with E-state index in [1.807, 2.05) is 13.0 Å². The van der Waals surface area contributed by atoms with Crippen molar-refractivity contribution in [1.29, 1.82) is 0 Å². The Balaban J connectivity index is 2.01. The number of methoxy groups -OCH3 is 1. The number of carbonyl (C=O) groups is 1. The first-order valence-corrected chi connectivity index (χ1v) is 9.71. The molecule has 0 spiro atoms. The second kappa shape index (κ2) is 9.58. The summed E-state index contributed by atoms with van der Waals surface area (Å²) in [5.74, 6) is 1.38. The normalized spacial score (nSPS) is 12.4. The molecule has 1 aromatic carbocycles. The monoisotopic (exact) mass is 373 g/mol. The predicted octanol–water partition coefficient (Wildman–Crippen LogP) is 4.37. The van der Waals surface area contributed by atoms with Crippen molar-refractivity contribution in [2.45, 2.75) is 65.8 Å². The summed E-state index contributed by atoms with van der Waals surface area (Å²) < 4.78 is 10.7. The van der Waals surface area contributed by atoms with E-state index in [9.17, 15) is 9.59 Å². The molecular weight excluding hydrogens is 342 g/mol. The van der Waals surface area contributed by atoms with Crippen LogP contribution in [0.3, 0.4) is 0 Å². The maximum Gasteiger partial charge on any atom is 0.336 e. The zero-order valence-corrected chi connectivity index (χ0v) is 17.1. The van der Waals surface area contributed by atoms with Crippen LogP contribution in [0.1, 0.15) is 57.6 Å². The average molecular weight is 373 g/mol. The number of hydrogen-bond donors (Lipinski definition) is 1. The Labute approximate surface area is 161 Å². The standard InChI is InChI=1S/C22H31NO4/c1-14(2)7-6-8-16(4)23-21(24)10-9-17-12-18-15(3)11-22(25)27-20(18)13-19(17)26-5/h11-14,16H,6-10H2,1-5H3,(H,23,24)/t16-/m1/s1. The number of carbonyl (C=O) groups excluding carboxylic acids is 1. The molecule has 2 aromatic rings. The van der Waals surface area contributed by atoms with E-state index in [1.165, 1.54) is 12.5 Å². The molecule has 0 fully saturated rings. The zero-order chi connectivity index (χ0) is 20.0. The van der Waals surface area contributed by atoms with Gasteiger partial charge in [-0.2, -0.15) is 0 Å². The number of nitrogens with one attached hydrogen (secondary N) is 1. The maximum absolute atomic E-state index is 12.3. The molecule has 1 heterocycles. The highest BCUT2D eigenvalue weighted by Gasteiger charge is 2.13. The molecule has 5 nitrogen and oxygen atoms in total. The smallest absolute Gasteiger partial charge is 0.336 e. The van der Waals surface area contributed by atoms with Crippen LogP contribution in [0.5, 0.6) is 5.75 Å². The van der Waals surface area contributed by atoms with Gasteiger partial charge in [-0.15, -0.1) is 0 Å². The summed E-state index contributed by atoms with van der Waals surface area (Å²) in [6.45, 7) is 8.36. The van der Waals surface area contributed by atoms with Crippen LogP contribution in [0, 0.1) is 12.8 Å². The third kappa shape index (κ3) is 6.12. The van der Waals surface area contributed by atoms with Crippen molar-refractivity contribution < 1.29 is 13.9 Å². The van der Waals surface area contributed by atoms with Gasteiger partial charge in [0, 0.05) is 30.0 Å². The third-order valence-electron chi connectivity index (χ3n) is 4.80. The lowest BCUT2D eigenvalue weighted by Crippen LogP contribution is -2.32. The van der Waals surface area contributed by atoms with E-state index < -0.39 is 0 Å². The summed E-state index contributed by atoms with van der Waals surface area (Å²) in [7, 11) is 1.58. The van der Waals surface area contributed by atoms with Gasteiger partial charge in [-0.25, -0.2) is 4.79 Å². The van der Waals surface area contributed by atoms with Crippen LogP contribution in [0.4, 0.5) is 0 Å². The number of fused-ring (bicyclic) bond motifs is 1. The van der Waals surface area contributed by atoms with E-state index in [1.54, 1.807) is 13.2 Å². The Morgan fingerprint density at radius 2 is 1.93 bits per heavy atom. The van der Waals surface area contributed by atoms with E-state index in [-0.39, 0.29) is 17.6 Å². The second-order valence-electron chi connectivity index (χ2n) is 7.70. The Morgan fingerprint density at radius 3 is 2.59 bits per heavy atom. The second-order valence-corrected chi connectivity index (χ2v) is 7.70. The molecule has 0 aliphatic carbocycles. The van der Waals surface area contributed by atoms with Crippen molar-refractivity contribution in [3.05, 3.63) is 39.7 Å². The topological polar surface area (TPSA) is 68.5 Å². The van der Waals surface area contributed by atoms with E-state index in [0.29, 0.717) is 30.1 Å². The minimum atomic E-state index is -0.374. The minimum absolute atomic E-state index is 0.0468. The Morgan fingerprint density at radius 1 is 1.19 bits per heavy atom. The fourth-order valence-electron chi connectivity index (χ4n) is 3.28. The zero-order valence-electron chi connectivity index (χ0n) is 17.1. The molecule has 0 bridgehead atoms. The molecule has 1 atom stereocenters. The highest BCUT2D eigenvalue weighted by Crippen LogP contribution is 2.28. The van der Waals surface area contributed by atoms with E-state index in [2.05, 4.69) is 26.1 Å². The van der Waals surface area contributed by atoms with Gasteiger partial charge in [0.2, 0.25) is 5.91 Å². The summed E-state index contributed by atoms with van der Waals surface area (Å²) in [6.07, 6.45) is 4.28. The number of hydrogen-bond acceptors (Lipinski definition) is 4. The molecule has 5 heteroatoms. The number of ether oxygens (including phenoxy) is 1. The summed E-state index contributed by atoms with van der Waals surface area (Å²) in [5, 5.41) is 3.95. The lowest BCUT2D eigenvalue weighted by molar-refractivity contribution is -0.121. The molecule has 1 amide bonds. The van der Waals surface area contributed by atoms with Crippen LogP contribution in [0.25, 0.3) is 11.0 Å². The van der Waals surface area contributed by atoms with Crippen molar-refractivity contribution in [2.75, 3.05) is 7.11 Å². The number of amides is 1. The number of aryl methyl sites for hydroxylation is 2. The van der Waals surface area contributed by atoms with Crippen LogP contribution in [-0.4, -0.2) is 19.1 Å². The van der Waals surface area contributed by atoms with E-state index in [4.69, 9.17) is 9.15 Å². The van der Waals surface area contributed by atoms with Crippen LogP contribution >= 0.6 is 0 Å². The summed E-state index contributed by atoms with van der Waals surface area (Å²) in [5.41, 5.74) is 1.92. The highest BCUT2D eigenvalue weighted by atomic mass is 16.5. The van der Waals surface area contributed by atoms with Crippen molar-refractivity contribution in [3.8, 4) is 5.75 Å². The lowest BCUT2D eigenvalue weighted by Gasteiger charge is -2.15. The van der Waals surface area contributed by atoms with Crippen LogP contribution in [-0.2, 0) is 11.2 Å². The molecule has 0 saturated heterocycles. The van der Waals surface area contributed by atoms with Gasteiger partial charge in [-0.1, -0.05) is 26.7 Å². The summed E-state index contributed by atoms with van der Waals surface area (Å²) >= 11 is 0. The first-order chi connectivity index (χ1) is 12.8. The maximum atomic E-state index is 12.3. The van der Waals surface area contributed by atoms with Crippen molar-refractivity contribution in [2.24, 2.45) is 5.92 Å². The third-order valence-corrected chi connectivity index (χ3v) is 4.80. The van der Waals surface area contributed by atoms with Crippen molar-refractivity contribution >= 4 is 16.9 Å². The lowest BCUT2D eigenvalue weighted by atomic mass is 10.0. The Bertz CT molecular complexity index is 838. The number of rotatable bonds is 9. The van der Waals surface area contributed by atoms with E-state index in [0.717, 1.165) is 29.4 Å². The van der Waals surface area contributed by atoms with Gasteiger partial charge in [-0.05, 0) is 49.8 Å². The fourth-order valence-corrected chi connectivity index (χ4v) is 3.28. The fraction of sp³-hybridized carbons (Fsp3) is 0.545. The van der Waals surface area contributed by atoms with E-state index >= 15 is 0 Å².